The van der Waals surface area contributed by atoms with Crippen molar-refractivity contribution < 1.29 is 4.79 Å². The highest BCUT2D eigenvalue weighted by atomic mass is 32.1. The second-order valence-electron chi connectivity index (χ2n) is 3.04. The summed E-state index contributed by atoms with van der Waals surface area (Å²) in [4.78, 5) is 11.4. The van der Waals surface area contributed by atoms with Gasteiger partial charge in [-0.3, -0.25) is 4.79 Å². The molecule has 0 amide bonds. The smallest absolute Gasteiger partial charge is 0.150 e. The number of hydrogen-bond acceptors (Lipinski definition) is 3. The molecule has 0 aliphatic carbocycles. The molecular weight excluding hydrogens is 194 g/mol. The molecule has 2 rings (SSSR count). The Morgan fingerprint density at radius 3 is 2.93 bits per heavy atom. The molecule has 1 heterocycles. The summed E-state index contributed by atoms with van der Waals surface area (Å²) in [7, 11) is 0. The molecule has 68 valence electrons. The molecule has 0 atom stereocenters. The lowest BCUT2D eigenvalue weighted by molar-refractivity contribution is 0.112. The Bertz CT molecular complexity index is 548. The van der Waals surface area contributed by atoms with Crippen LogP contribution >= 0.6 is 11.3 Å². The largest absolute Gasteiger partial charge is 0.298 e. The summed E-state index contributed by atoms with van der Waals surface area (Å²) in [6.45, 7) is 1.91. The number of carbonyl (C=O) groups excluding carboxylic acids is 1. The summed E-state index contributed by atoms with van der Waals surface area (Å²) in [6, 6.07) is 7.63. The van der Waals surface area contributed by atoms with Crippen LogP contribution in [0.25, 0.3) is 10.1 Å². The molecule has 3 heteroatoms. The Hall–Kier alpha value is -1.66. The van der Waals surface area contributed by atoms with E-state index in [9.17, 15) is 4.79 Å². The molecule has 0 spiro atoms. The maximum Gasteiger partial charge on any atom is 0.150 e. The molecule has 0 aliphatic rings. The molecular formula is C11H7NOS. The lowest BCUT2D eigenvalue weighted by Crippen LogP contribution is -1.84. The Morgan fingerprint density at radius 1 is 1.50 bits per heavy atom. The first-order valence-corrected chi connectivity index (χ1v) is 4.96. The molecule has 0 N–H and O–H groups in total. The predicted octanol–water partition coefficient (Wildman–Crippen LogP) is 2.89. The zero-order chi connectivity index (χ0) is 10.1. The summed E-state index contributed by atoms with van der Waals surface area (Å²) in [5.74, 6) is 0. The minimum absolute atomic E-state index is 0.686. The number of nitrogens with zero attached hydrogens (tertiary/aromatic N) is 1. The summed E-state index contributed by atoms with van der Waals surface area (Å²) in [5, 5.41) is 9.78. The molecule has 0 saturated carbocycles. The van der Waals surface area contributed by atoms with Crippen molar-refractivity contribution in [1.82, 2.24) is 0 Å². The fourth-order valence-corrected chi connectivity index (χ4v) is 2.41. The molecule has 0 fully saturated rings. The highest BCUT2D eigenvalue weighted by Crippen LogP contribution is 2.29. The van der Waals surface area contributed by atoms with Gasteiger partial charge in [0.05, 0.1) is 0 Å². The van der Waals surface area contributed by atoms with Gasteiger partial charge >= 0.3 is 0 Å². The molecule has 2 aromatic rings. The van der Waals surface area contributed by atoms with Gasteiger partial charge in [0.2, 0.25) is 0 Å². The highest BCUT2D eigenvalue weighted by Gasteiger charge is 2.06. The second kappa shape index (κ2) is 3.24. The van der Waals surface area contributed by atoms with Gasteiger partial charge in [0.15, 0.2) is 0 Å². The third-order valence-corrected chi connectivity index (χ3v) is 3.39. The number of rotatable bonds is 1. The molecule has 0 aliphatic heterocycles. The maximum absolute atomic E-state index is 10.7. The first kappa shape index (κ1) is 8.92. The average Bonchev–Trinajstić information content (AvgIpc) is 2.62. The lowest BCUT2D eigenvalue weighted by Gasteiger charge is -1.98. The van der Waals surface area contributed by atoms with E-state index in [0.29, 0.717) is 10.4 Å². The number of hydrogen-bond donors (Lipinski definition) is 0. The number of nitriles is 1. The number of carbonyl (C=O) groups is 1. The van der Waals surface area contributed by atoms with Gasteiger partial charge < -0.3 is 0 Å². The van der Waals surface area contributed by atoms with E-state index in [1.54, 1.807) is 6.07 Å². The van der Waals surface area contributed by atoms with Crippen LogP contribution in [-0.2, 0) is 0 Å². The van der Waals surface area contributed by atoms with E-state index in [1.165, 1.54) is 11.3 Å². The Labute approximate surface area is 85.4 Å². The van der Waals surface area contributed by atoms with Crippen molar-refractivity contribution in [2.75, 3.05) is 0 Å². The van der Waals surface area contributed by atoms with Gasteiger partial charge in [-0.15, -0.1) is 11.3 Å². The number of aldehydes is 1. The topological polar surface area (TPSA) is 40.9 Å². The molecule has 1 aromatic heterocycles. The highest BCUT2D eigenvalue weighted by molar-refractivity contribution is 7.19. The number of aryl methyl sites for hydroxylation is 1. The summed E-state index contributed by atoms with van der Waals surface area (Å²) >= 11 is 1.43. The van der Waals surface area contributed by atoms with E-state index in [-0.39, 0.29) is 0 Å². The van der Waals surface area contributed by atoms with Gasteiger partial charge in [0.25, 0.3) is 0 Å². The van der Waals surface area contributed by atoms with Gasteiger partial charge in [-0.05, 0) is 23.9 Å². The van der Waals surface area contributed by atoms with Crippen LogP contribution in [-0.4, -0.2) is 6.29 Å². The Kier molecular flexibility index (Phi) is 2.06. The van der Waals surface area contributed by atoms with E-state index in [1.807, 2.05) is 19.1 Å². The van der Waals surface area contributed by atoms with Gasteiger partial charge in [-0.25, -0.2) is 0 Å². The monoisotopic (exact) mass is 201 g/mol. The number of benzene rings is 1. The first-order chi connectivity index (χ1) is 6.76. The normalized spacial score (nSPS) is 10.0. The molecule has 0 saturated heterocycles. The molecule has 1 aromatic carbocycles. The van der Waals surface area contributed by atoms with Crippen LogP contribution in [0.2, 0.25) is 0 Å². The van der Waals surface area contributed by atoms with E-state index >= 15 is 0 Å². The Morgan fingerprint density at radius 2 is 2.29 bits per heavy atom. The third kappa shape index (κ3) is 1.21. The first-order valence-electron chi connectivity index (χ1n) is 4.14. The number of thiophene rings is 1. The van der Waals surface area contributed by atoms with Crippen LogP contribution in [0, 0.1) is 18.3 Å². The van der Waals surface area contributed by atoms with Crippen molar-refractivity contribution in [3.63, 3.8) is 0 Å². The van der Waals surface area contributed by atoms with Crippen molar-refractivity contribution in [3.05, 3.63) is 34.2 Å². The molecule has 0 unspecified atom stereocenters. The van der Waals surface area contributed by atoms with Crippen LogP contribution in [0.3, 0.4) is 0 Å². The number of fused-ring (bicyclic) bond motifs is 1. The van der Waals surface area contributed by atoms with Crippen LogP contribution in [0.1, 0.15) is 20.8 Å². The van der Waals surface area contributed by atoms with E-state index in [0.717, 1.165) is 21.9 Å². The predicted molar refractivity (Wildman–Crippen MR) is 56.7 cm³/mol. The lowest BCUT2D eigenvalue weighted by atomic mass is 10.1. The van der Waals surface area contributed by atoms with Crippen molar-refractivity contribution >= 4 is 27.7 Å². The average molecular weight is 201 g/mol. The fourth-order valence-electron chi connectivity index (χ4n) is 1.44. The van der Waals surface area contributed by atoms with Crippen molar-refractivity contribution in [1.29, 1.82) is 5.26 Å². The second-order valence-corrected chi connectivity index (χ2v) is 4.09. The maximum atomic E-state index is 10.7. The minimum atomic E-state index is 0.686. The van der Waals surface area contributed by atoms with Crippen molar-refractivity contribution in [2.24, 2.45) is 0 Å². The van der Waals surface area contributed by atoms with Crippen LogP contribution in [0.4, 0.5) is 0 Å². The van der Waals surface area contributed by atoms with Crippen molar-refractivity contribution in [3.8, 4) is 6.07 Å². The van der Waals surface area contributed by atoms with Crippen LogP contribution < -0.4 is 0 Å². The standard InChI is InChI=1S/C11H7NOS/c1-7-9(6-13)3-2-8-4-10(5-12)14-11(7)8/h2-4,6H,1H3. The summed E-state index contributed by atoms with van der Waals surface area (Å²) in [5.41, 5.74) is 1.66. The SMILES string of the molecule is Cc1c(C=O)ccc2cc(C#N)sc12. The third-order valence-electron chi connectivity index (χ3n) is 2.21. The molecule has 0 bridgehead atoms. The minimum Gasteiger partial charge on any atom is -0.298 e. The van der Waals surface area contributed by atoms with Gasteiger partial charge in [0.1, 0.15) is 17.2 Å². The Balaban J connectivity index is 2.83. The summed E-state index contributed by atoms with van der Waals surface area (Å²) in [6.07, 6.45) is 0.848. The molecule has 0 radical (unpaired) electrons. The van der Waals surface area contributed by atoms with Crippen LogP contribution in [0.15, 0.2) is 18.2 Å². The van der Waals surface area contributed by atoms with Gasteiger partial charge in [-0.2, -0.15) is 5.26 Å². The summed E-state index contributed by atoms with van der Waals surface area (Å²) < 4.78 is 1.03. The van der Waals surface area contributed by atoms with E-state index < -0.39 is 0 Å². The van der Waals surface area contributed by atoms with E-state index in [4.69, 9.17) is 5.26 Å². The van der Waals surface area contributed by atoms with E-state index in [2.05, 4.69) is 6.07 Å². The van der Waals surface area contributed by atoms with Crippen molar-refractivity contribution in [2.45, 2.75) is 6.92 Å². The van der Waals surface area contributed by atoms with Gasteiger partial charge in [0, 0.05) is 10.3 Å². The molecule has 2 nitrogen and oxygen atoms in total. The molecule has 14 heavy (non-hydrogen) atoms. The fraction of sp³-hybridized carbons (Fsp3) is 0.0909. The zero-order valence-electron chi connectivity index (χ0n) is 7.57. The van der Waals surface area contributed by atoms with Gasteiger partial charge in [-0.1, -0.05) is 12.1 Å². The quantitative estimate of drug-likeness (QED) is 0.665. The zero-order valence-corrected chi connectivity index (χ0v) is 8.39. The van der Waals surface area contributed by atoms with Crippen LogP contribution in [0.5, 0.6) is 0 Å².